The second-order valence-electron chi connectivity index (χ2n) is 2.55. The molecule has 0 spiro atoms. The van der Waals surface area contributed by atoms with Crippen LogP contribution in [0.3, 0.4) is 0 Å². The Morgan fingerprint density at radius 1 is 1.50 bits per heavy atom. The van der Waals surface area contributed by atoms with Gasteiger partial charge in [-0.1, -0.05) is 24.3 Å². The molecule has 3 heteroatoms. The second kappa shape index (κ2) is 4.49. The molecule has 1 aliphatic rings. The van der Waals surface area contributed by atoms with Crippen LogP contribution in [0.4, 0.5) is 0 Å². The number of nitrogens with zero attached hydrogens (tertiary/aromatic N) is 1. The van der Waals surface area contributed by atoms with Gasteiger partial charge in [0.15, 0.2) is 0 Å². The Morgan fingerprint density at radius 2 is 2.17 bits per heavy atom. The summed E-state index contributed by atoms with van der Waals surface area (Å²) in [7, 11) is 0. The van der Waals surface area contributed by atoms with Crippen LogP contribution in [-0.2, 0) is 4.79 Å². The van der Waals surface area contributed by atoms with E-state index in [1.54, 1.807) is 6.21 Å². The number of hydrogen-bond acceptors (Lipinski definition) is 2. The van der Waals surface area contributed by atoms with Gasteiger partial charge in [0.2, 0.25) is 0 Å². The third-order valence-corrected chi connectivity index (χ3v) is 1.51. The van der Waals surface area contributed by atoms with Crippen LogP contribution in [0.15, 0.2) is 29.3 Å². The SMILES string of the molecule is O=C(O)CCN=CC1C=CC=C1. The van der Waals surface area contributed by atoms with Crippen LogP contribution in [0, 0.1) is 5.92 Å². The molecule has 0 saturated heterocycles. The van der Waals surface area contributed by atoms with Gasteiger partial charge < -0.3 is 5.11 Å². The Bertz CT molecular complexity index is 229. The van der Waals surface area contributed by atoms with E-state index in [0.717, 1.165) is 0 Å². The van der Waals surface area contributed by atoms with Crippen molar-refractivity contribution >= 4 is 12.2 Å². The predicted molar refractivity (Wildman–Crippen MR) is 47.4 cm³/mol. The number of rotatable bonds is 4. The fourth-order valence-corrected chi connectivity index (χ4v) is 0.905. The van der Waals surface area contributed by atoms with Crippen LogP contribution in [-0.4, -0.2) is 23.8 Å². The first-order valence-corrected chi connectivity index (χ1v) is 3.86. The zero-order valence-electron chi connectivity index (χ0n) is 6.68. The van der Waals surface area contributed by atoms with Crippen molar-refractivity contribution in [1.29, 1.82) is 0 Å². The van der Waals surface area contributed by atoms with Gasteiger partial charge in [0.1, 0.15) is 0 Å². The van der Waals surface area contributed by atoms with Gasteiger partial charge in [0.25, 0.3) is 0 Å². The normalized spacial score (nSPS) is 16.3. The summed E-state index contributed by atoms with van der Waals surface area (Å²) >= 11 is 0. The number of carboxylic acids is 1. The van der Waals surface area contributed by atoms with E-state index in [4.69, 9.17) is 5.11 Å². The molecule has 0 unspecified atom stereocenters. The largest absolute Gasteiger partial charge is 0.481 e. The zero-order valence-corrected chi connectivity index (χ0v) is 6.68. The molecule has 0 atom stereocenters. The highest BCUT2D eigenvalue weighted by atomic mass is 16.4. The number of aliphatic imine (C=N–C) groups is 1. The van der Waals surface area contributed by atoms with E-state index >= 15 is 0 Å². The van der Waals surface area contributed by atoms with Crippen molar-refractivity contribution < 1.29 is 9.90 Å². The summed E-state index contributed by atoms with van der Waals surface area (Å²) in [6.07, 6.45) is 9.79. The van der Waals surface area contributed by atoms with Gasteiger partial charge >= 0.3 is 5.97 Å². The fraction of sp³-hybridized carbons (Fsp3) is 0.333. The molecule has 3 nitrogen and oxygen atoms in total. The molecule has 12 heavy (non-hydrogen) atoms. The minimum absolute atomic E-state index is 0.108. The lowest BCUT2D eigenvalue weighted by Gasteiger charge is -1.93. The van der Waals surface area contributed by atoms with E-state index in [1.165, 1.54) is 0 Å². The minimum atomic E-state index is -0.801. The molecule has 0 heterocycles. The van der Waals surface area contributed by atoms with E-state index in [2.05, 4.69) is 4.99 Å². The third-order valence-electron chi connectivity index (χ3n) is 1.51. The quantitative estimate of drug-likeness (QED) is 0.638. The Kier molecular flexibility index (Phi) is 3.26. The van der Waals surface area contributed by atoms with Gasteiger partial charge in [-0.15, -0.1) is 0 Å². The number of carbonyl (C=O) groups is 1. The standard InChI is InChI=1S/C9H11NO2/c11-9(12)5-6-10-7-8-3-1-2-4-8/h1-4,7-8H,5-6H2,(H,11,12). The topological polar surface area (TPSA) is 49.7 Å². The molecule has 1 N–H and O–H groups in total. The van der Waals surface area contributed by atoms with Gasteiger partial charge in [-0.25, -0.2) is 0 Å². The molecule has 0 amide bonds. The summed E-state index contributed by atoms with van der Waals surface area (Å²) in [5.41, 5.74) is 0. The maximum atomic E-state index is 10.1. The maximum Gasteiger partial charge on any atom is 0.305 e. The summed E-state index contributed by atoms with van der Waals surface area (Å²) in [6.45, 7) is 0.369. The lowest BCUT2D eigenvalue weighted by molar-refractivity contribution is -0.136. The van der Waals surface area contributed by atoms with Crippen LogP contribution >= 0.6 is 0 Å². The average molecular weight is 165 g/mol. The van der Waals surface area contributed by atoms with Crippen molar-refractivity contribution in [1.82, 2.24) is 0 Å². The Balaban J connectivity index is 2.17. The highest BCUT2D eigenvalue weighted by Gasteiger charge is 1.98. The van der Waals surface area contributed by atoms with Gasteiger partial charge in [0.05, 0.1) is 6.42 Å². The summed E-state index contributed by atoms with van der Waals surface area (Å²) in [6, 6.07) is 0. The summed E-state index contributed by atoms with van der Waals surface area (Å²) in [4.78, 5) is 14.1. The highest BCUT2D eigenvalue weighted by Crippen LogP contribution is 2.05. The van der Waals surface area contributed by atoms with Gasteiger partial charge in [-0.3, -0.25) is 9.79 Å². The predicted octanol–water partition coefficient (Wildman–Crippen LogP) is 1.27. The van der Waals surface area contributed by atoms with E-state index in [0.29, 0.717) is 6.54 Å². The summed E-state index contributed by atoms with van der Waals surface area (Å²) < 4.78 is 0. The number of hydrogen-bond donors (Lipinski definition) is 1. The molecule has 0 aromatic rings. The van der Waals surface area contributed by atoms with E-state index < -0.39 is 5.97 Å². The van der Waals surface area contributed by atoms with Crippen LogP contribution in [0.2, 0.25) is 0 Å². The fourth-order valence-electron chi connectivity index (χ4n) is 0.905. The average Bonchev–Trinajstić information content (AvgIpc) is 2.49. The Labute approximate surface area is 71.1 Å². The Morgan fingerprint density at radius 3 is 2.75 bits per heavy atom. The molecule has 0 aliphatic heterocycles. The monoisotopic (exact) mass is 165 g/mol. The first-order chi connectivity index (χ1) is 5.79. The maximum absolute atomic E-state index is 10.1. The lowest BCUT2D eigenvalue weighted by atomic mass is 10.2. The van der Waals surface area contributed by atoms with Crippen molar-refractivity contribution in [2.75, 3.05) is 6.54 Å². The zero-order chi connectivity index (χ0) is 8.81. The highest BCUT2D eigenvalue weighted by molar-refractivity contribution is 5.69. The molecular formula is C9H11NO2. The molecule has 0 bridgehead atoms. The van der Waals surface area contributed by atoms with Crippen LogP contribution in [0.25, 0.3) is 0 Å². The minimum Gasteiger partial charge on any atom is -0.481 e. The first kappa shape index (κ1) is 8.71. The molecule has 1 aliphatic carbocycles. The van der Waals surface area contributed by atoms with Gasteiger partial charge in [-0.05, 0) is 0 Å². The molecule has 0 fully saturated rings. The molecule has 64 valence electrons. The van der Waals surface area contributed by atoms with Crippen LogP contribution in [0.1, 0.15) is 6.42 Å². The third kappa shape index (κ3) is 3.14. The van der Waals surface area contributed by atoms with Crippen molar-refractivity contribution in [3.63, 3.8) is 0 Å². The smallest absolute Gasteiger partial charge is 0.305 e. The molecule has 0 aromatic carbocycles. The summed E-state index contributed by atoms with van der Waals surface area (Å²) in [5.74, 6) is -0.538. The van der Waals surface area contributed by atoms with Gasteiger partial charge in [-0.2, -0.15) is 0 Å². The second-order valence-corrected chi connectivity index (χ2v) is 2.55. The number of allylic oxidation sites excluding steroid dienone is 4. The van der Waals surface area contributed by atoms with Crippen molar-refractivity contribution in [2.24, 2.45) is 10.9 Å². The first-order valence-electron chi connectivity index (χ1n) is 3.86. The van der Waals surface area contributed by atoms with Crippen molar-refractivity contribution in [2.45, 2.75) is 6.42 Å². The molecule has 0 saturated carbocycles. The van der Waals surface area contributed by atoms with Crippen LogP contribution < -0.4 is 0 Å². The van der Waals surface area contributed by atoms with E-state index in [1.807, 2.05) is 24.3 Å². The summed E-state index contributed by atoms with van der Waals surface area (Å²) in [5, 5.41) is 8.30. The Hall–Kier alpha value is -1.38. The van der Waals surface area contributed by atoms with Crippen LogP contribution in [0.5, 0.6) is 0 Å². The van der Waals surface area contributed by atoms with Crippen molar-refractivity contribution in [3.8, 4) is 0 Å². The molecular weight excluding hydrogens is 154 g/mol. The molecule has 0 aromatic heterocycles. The number of aliphatic carboxylic acids is 1. The van der Waals surface area contributed by atoms with E-state index in [9.17, 15) is 4.79 Å². The van der Waals surface area contributed by atoms with Gasteiger partial charge in [0, 0.05) is 18.7 Å². The molecule has 1 rings (SSSR count). The number of carboxylic acid groups (broad SMARTS) is 1. The lowest BCUT2D eigenvalue weighted by Crippen LogP contribution is -1.98. The van der Waals surface area contributed by atoms with Crippen molar-refractivity contribution in [3.05, 3.63) is 24.3 Å². The van der Waals surface area contributed by atoms with E-state index in [-0.39, 0.29) is 12.3 Å². The molecule has 0 radical (unpaired) electrons.